The smallest absolute Gasteiger partial charge is 0.0622 e. The number of fused-ring (bicyclic) bond motifs is 7. The second kappa shape index (κ2) is 9.93. The van der Waals surface area contributed by atoms with Gasteiger partial charge in [-0.25, -0.2) is 0 Å². The van der Waals surface area contributed by atoms with Crippen molar-refractivity contribution >= 4 is 53.9 Å². The van der Waals surface area contributed by atoms with Crippen LogP contribution in [0.3, 0.4) is 0 Å². The lowest BCUT2D eigenvalue weighted by Gasteiger charge is -2.18. The van der Waals surface area contributed by atoms with E-state index in [4.69, 9.17) is 8.22 Å². The SMILES string of the molecule is [2H]c1c([2H])c([2H])c2c(-c3ccc(-c4cc5ccc6ccccc6c5c5ccccc45)cc3)c3c([2H])c([2H])c([2H])c([2H])c3c(-c3ccccc3)c2c1[2H]. The first-order valence-electron chi connectivity index (χ1n) is 18.6. The first-order chi connectivity index (χ1) is 25.2. The maximum Gasteiger partial charge on any atom is 0.0629 e. The van der Waals surface area contributed by atoms with Crippen molar-refractivity contribution in [2.24, 2.45) is 0 Å². The summed E-state index contributed by atoms with van der Waals surface area (Å²) in [5, 5.41) is 7.71. The van der Waals surface area contributed by atoms with Gasteiger partial charge in [0.1, 0.15) is 0 Å². The molecule has 0 unspecified atom stereocenters. The van der Waals surface area contributed by atoms with Gasteiger partial charge in [0, 0.05) is 0 Å². The Kier molecular flexibility index (Phi) is 4.08. The van der Waals surface area contributed by atoms with Gasteiger partial charge in [0.15, 0.2) is 0 Å². The summed E-state index contributed by atoms with van der Waals surface area (Å²) in [5.41, 5.74) is 3.82. The third-order valence-electron chi connectivity index (χ3n) is 8.67. The number of rotatable bonds is 3. The monoisotopic (exact) mass is 564 g/mol. The minimum absolute atomic E-state index is 0.207. The average molecular weight is 565 g/mol. The Bertz CT molecular complexity index is 2890. The van der Waals surface area contributed by atoms with Gasteiger partial charge in [0.25, 0.3) is 0 Å². The second-order valence-electron chi connectivity index (χ2n) is 11.0. The van der Waals surface area contributed by atoms with Crippen LogP contribution in [0.5, 0.6) is 0 Å². The molecule has 9 aromatic carbocycles. The summed E-state index contributed by atoms with van der Waals surface area (Å²) in [4.78, 5) is 0. The van der Waals surface area contributed by atoms with Crippen LogP contribution in [0.4, 0.5) is 0 Å². The molecule has 0 heterocycles. The molecule has 0 fully saturated rings. The first kappa shape index (κ1) is 18.1. The fraction of sp³-hybridized carbons (Fsp3) is 0. The van der Waals surface area contributed by atoms with Gasteiger partial charge in [0.2, 0.25) is 0 Å². The summed E-state index contributed by atoms with van der Waals surface area (Å²) >= 11 is 0. The molecule has 0 N–H and O–H groups in total. The van der Waals surface area contributed by atoms with Crippen molar-refractivity contribution in [2.75, 3.05) is 0 Å². The van der Waals surface area contributed by atoms with Crippen LogP contribution in [0.15, 0.2) is 170 Å². The summed E-state index contributed by atoms with van der Waals surface area (Å²) in [6.07, 6.45) is 0. The van der Waals surface area contributed by atoms with E-state index >= 15 is 0 Å². The molecule has 0 radical (unpaired) electrons. The molecule has 204 valence electrons. The minimum Gasteiger partial charge on any atom is -0.0622 e. The number of hydrogen-bond donors (Lipinski definition) is 0. The molecule has 9 rings (SSSR count). The lowest BCUT2D eigenvalue weighted by atomic mass is 9.85. The number of hydrogen-bond acceptors (Lipinski definition) is 0. The zero-order valence-corrected chi connectivity index (χ0v) is 23.5. The van der Waals surface area contributed by atoms with Crippen LogP contribution in [-0.4, -0.2) is 0 Å². The van der Waals surface area contributed by atoms with Gasteiger partial charge in [0.05, 0.1) is 11.0 Å². The van der Waals surface area contributed by atoms with Gasteiger partial charge in [-0.1, -0.05) is 164 Å². The molecule has 0 nitrogen and oxygen atoms in total. The summed E-state index contributed by atoms with van der Waals surface area (Å²) in [5.74, 6) is 0. The highest BCUT2D eigenvalue weighted by molar-refractivity contribution is 6.24. The Morgan fingerprint density at radius 3 is 1.45 bits per heavy atom. The zero-order valence-electron chi connectivity index (χ0n) is 31.5. The van der Waals surface area contributed by atoms with Crippen molar-refractivity contribution in [1.29, 1.82) is 0 Å². The maximum absolute atomic E-state index is 9.19. The van der Waals surface area contributed by atoms with Gasteiger partial charge in [-0.05, 0) is 93.3 Å². The van der Waals surface area contributed by atoms with E-state index in [-0.39, 0.29) is 45.7 Å². The Morgan fingerprint density at radius 1 is 0.341 bits per heavy atom. The standard InChI is InChI=1S/C44H28/c1-2-13-31(14-3-1)42-37-18-8-10-20-39(37)43(40-21-11-9-19-38(40)42)32-25-22-30(23-26-32)41-28-33-27-24-29-12-4-5-15-34(29)44(33)36-17-7-6-16-35(36)41/h1-28H/i8D,9D,10D,11D,18D,19D,20D,21D. The molecule has 0 saturated carbocycles. The second-order valence-corrected chi connectivity index (χ2v) is 11.0. The molecular formula is C44H28. The van der Waals surface area contributed by atoms with Gasteiger partial charge < -0.3 is 0 Å². The molecule has 0 spiro atoms. The van der Waals surface area contributed by atoms with Crippen LogP contribution in [0.25, 0.3) is 87.2 Å². The van der Waals surface area contributed by atoms with Gasteiger partial charge in [-0.2, -0.15) is 0 Å². The Balaban J connectivity index is 1.38. The molecule has 0 aliphatic rings. The molecular weight excluding hydrogens is 528 g/mol. The van der Waals surface area contributed by atoms with Crippen LogP contribution in [-0.2, 0) is 0 Å². The Hall–Kier alpha value is -5.72. The fourth-order valence-corrected chi connectivity index (χ4v) is 6.74. The highest BCUT2D eigenvalue weighted by Gasteiger charge is 2.17. The van der Waals surface area contributed by atoms with E-state index in [1.54, 1.807) is 24.3 Å². The van der Waals surface area contributed by atoms with E-state index in [1.165, 1.54) is 16.2 Å². The van der Waals surface area contributed by atoms with Crippen molar-refractivity contribution < 1.29 is 11.0 Å². The van der Waals surface area contributed by atoms with E-state index in [0.29, 0.717) is 22.3 Å². The average Bonchev–Trinajstić information content (AvgIpc) is 3.19. The normalized spacial score (nSPS) is 14.2. The molecule has 0 bridgehead atoms. The fourth-order valence-electron chi connectivity index (χ4n) is 6.74. The summed E-state index contributed by atoms with van der Waals surface area (Å²) in [7, 11) is 0. The molecule has 0 heteroatoms. The van der Waals surface area contributed by atoms with E-state index in [9.17, 15) is 2.74 Å². The van der Waals surface area contributed by atoms with Crippen molar-refractivity contribution in [3.8, 4) is 33.4 Å². The molecule has 9 aromatic rings. The van der Waals surface area contributed by atoms with Crippen LogP contribution in [0, 0.1) is 0 Å². The van der Waals surface area contributed by atoms with Crippen LogP contribution in [0.1, 0.15) is 11.0 Å². The Morgan fingerprint density at radius 2 is 0.818 bits per heavy atom. The van der Waals surface area contributed by atoms with Gasteiger partial charge in [-0.3, -0.25) is 0 Å². The van der Waals surface area contributed by atoms with Gasteiger partial charge in [-0.15, -0.1) is 0 Å². The molecule has 0 atom stereocenters. The third-order valence-corrected chi connectivity index (χ3v) is 8.67. The summed E-state index contributed by atoms with van der Waals surface area (Å²) in [6.45, 7) is 0. The van der Waals surface area contributed by atoms with Crippen LogP contribution >= 0.6 is 0 Å². The molecule has 0 amide bonds. The number of benzene rings is 9. The molecule has 44 heavy (non-hydrogen) atoms. The Labute approximate surface area is 267 Å². The minimum atomic E-state index is -0.412. The third kappa shape index (κ3) is 3.78. The van der Waals surface area contributed by atoms with Crippen molar-refractivity contribution in [3.05, 3.63) is 170 Å². The van der Waals surface area contributed by atoms with Crippen molar-refractivity contribution in [3.63, 3.8) is 0 Å². The summed E-state index contributed by atoms with van der Waals surface area (Å²) < 4.78 is 71.2. The predicted octanol–water partition coefficient (Wildman–Crippen LogP) is 12.5. The van der Waals surface area contributed by atoms with E-state index in [1.807, 2.05) is 42.5 Å². The zero-order chi connectivity index (χ0) is 36.0. The van der Waals surface area contributed by atoms with E-state index < -0.39 is 24.2 Å². The first-order valence-corrected chi connectivity index (χ1v) is 14.6. The van der Waals surface area contributed by atoms with Crippen LogP contribution < -0.4 is 0 Å². The quantitative estimate of drug-likeness (QED) is 0.148. The highest BCUT2D eigenvalue weighted by Crippen LogP contribution is 2.44. The lowest BCUT2D eigenvalue weighted by molar-refractivity contribution is 1.64. The maximum atomic E-state index is 9.19. The molecule has 0 saturated heterocycles. The predicted molar refractivity (Wildman–Crippen MR) is 190 cm³/mol. The van der Waals surface area contributed by atoms with E-state index in [2.05, 4.69) is 54.6 Å². The molecule has 0 aliphatic carbocycles. The summed E-state index contributed by atoms with van der Waals surface area (Å²) in [6, 6.07) is 37.2. The topological polar surface area (TPSA) is 0 Å². The lowest BCUT2D eigenvalue weighted by Crippen LogP contribution is -1.91. The van der Waals surface area contributed by atoms with Gasteiger partial charge >= 0.3 is 0 Å². The van der Waals surface area contributed by atoms with Crippen molar-refractivity contribution in [1.82, 2.24) is 0 Å². The molecule has 0 aromatic heterocycles. The largest absolute Gasteiger partial charge is 0.0629 e. The van der Waals surface area contributed by atoms with E-state index in [0.717, 1.165) is 27.3 Å². The molecule has 0 aliphatic heterocycles. The van der Waals surface area contributed by atoms with Crippen LogP contribution in [0.2, 0.25) is 0 Å². The van der Waals surface area contributed by atoms with Crippen molar-refractivity contribution in [2.45, 2.75) is 0 Å². The highest BCUT2D eigenvalue weighted by atomic mass is 14.2.